The van der Waals surface area contributed by atoms with Crippen molar-refractivity contribution in [3.05, 3.63) is 29.8 Å². The van der Waals surface area contributed by atoms with Gasteiger partial charge in [-0.15, -0.1) is 0 Å². The van der Waals surface area contributed by atoms with Gasteiger partial charge in [-0.2, -0.15) is 0 Å². The summed E-state index contributed by atoms with van der Waals surface area (Å²) < 4.78 is 13.0. The number of anilines is 2. The summed E-state index contributed by atoms with van der Waals surface area (Å²) in [6.07, 6.45) is 0. The van der Waals surface area contributed by atoms with Crippen LogP contribution in [0.25, 0.3) is 11.2 Å². The van der Waals surface area contributed by atoms with Crippen LogP contribution in [-0.4, -0.2) is 55.9 Å². The van der Waals surface area contributed by atoms with Gasteiger partial charge in [0, 0.05) is 0 Å². The maximum atomic E-state index is 5.99. The number of nitrogen functional groups attached to an aromatic ring is 2. The molecule has 0 spiro atoms. The summed E-state index contributed by atoms with van der Waals surface area (Å²) >= 11 is 2.93. The number of nitrogens with zero attached hydrogens (tertiary/aromatic N) is 4. The maximum absolute atomic E-state index is 5.99. The predicted octanol–water partition coefficient (Wildman–Crippen LogP) is -0.142. The first kappa shape index (κ1) is 16.5. The van der Waals surface area contributed by atoms with Gasteiger partial charge in [0.25, 0.3) is 0 Å². The van der Waals surface area contributed by atoms with Crippen LogP contribution in [0.5, 0.6) is 6.01 Å². The predicted molar refractivity (Wildman–Crippen MR) is 92.5 cm³/mol. The number of methoxy groups -OCH3 is 1. The van der Waals surface area contributed by atoms with Crippen molar-refractivity contribution < 1.29 is 9.47 Å². The third-order valence-corrected chi connectivity index (χ3v) is 4.06. The second-order valence-electron chi connectivity index (χ2n) is 5.13. The zero-order valence-electron chi connectivity index (χ0n) is 13.1. The minimum absolute atomic E-state index is 0.204. The average molecular weight is 392 g/mol. The van der Waals surface area contributed by atoms with E-state index in [9.17, 15) is 0 Å². The molecular weight excluding hydrogens is 375 g/mol. The van der Waals surface area contributed by atoms with Crippen LogP contribution in [0.4, 0.5) is 11.5 Å². The van der Waals surface area contributed by atoms with E-state index in [4.69, 9.17) is 20.9 Å². The SMILES string of the molecule is COCCOc1nc(N)c2nc([Se])n(Cc3ccc(N)cc3)c2n1. The van der Waals surface area contributed by atoms with Crippen LogP contribution >= 0.6 is 0 Å². The van der Waals surface area contributed by atoms with Gasteiger partial charge in [0.15, 0.2) is 0 Å². The molecule has 0 aliphatic carbocycles. The number of imidazole rings is 1. The van der Waals surface area contributed by atoms with E-state index in [0.29, 0.717) is 35.6 Å². The van der Waals surface area contributed by atoms with E-state index >= 15 is 0 Å². The molecule has 0 bridgehead atoms. The van der Waals surface area contributed by atoms with Gasteiger partial charge < -0.3 is 0 Å². The zero-order chi connectivity index (χ0) is 17.1. The molecule has 0 aliphatic rings. The summed E-state index contributed by atoms with van der Waals surface area (Å²) in [5.41, 5.74) is 14.7. The molecule has 0 amide bonds. The van der Waals surface area contributed by atoms with Crippen LogP contribution in [0.3, 0.4) is 0 Å². The average Bonchev–Trinajstić information content (AvgIpc) is 2.87. The molecule has 2 aromatic heterocycles. The fourth-order valence-corrected chi connectivity index (χ4v) is 2.72. The Labute approximate surface area is 147 Å². The van der Waals surface area contributed by atoms with Gasteiger partial charge in [0.1, 0.15) is 0 Å². The number of nitrogens with two attached hydrogens (primary N) is 2. The molecular formula is C15H17N6O2Se. The van der Waals surface area contributed by atoms with Gasteiger partial charge in [-0.3, -0.25) is 0 Å². The Hall–Kier alpha value is -2.35. The fraction of sp³-hybridized carbons (Fsp3) is 0.267. The first-order chi connectivity index (χ1) is 11.6. The molecule has 1 aromatic carbocycles. The molecule has 0 atom stereocenters. The Morgan fingerprint density at radius 3 is 2.54 bits per heavy atom. The quantitative estimate of drug-likeness (QED) is 0.341. The van der Waals surface area contributed by atoms with E-state index in [1.54, 1.807) is 7.11 Å². The van der Waals surface area contributed by atoms with E-state index < -0.39 is 0 Å². The number of fused-ring (bicyclic) bond motifs is 1. The summed E-state index contributed by atoms with van der Waals surface area (Å²) in [5, 5.41) is 0. The summed E-state index contributed by atoms with van der Waals surface area (Å²) in [5.74, 6) is 0.278. The molecule has 1 radical (unpaired) electrons. The fourth-order valence-electron chi connectivity index (χ4n) is 2.21. The van der Waals surface area contributed by atoms with Crippen LogP contribution in [0.2, 0.25) is 0 Å². The van der Waals surface area contributed by atoms with E-state index in [2.05, 4.69) is 31.0 Å². The van der Waals surface area contributed by atoms with Crippen molar-refractivity contribution in [3.63, 3.8) is 0 Å². The van der Waals surface area contributed by atoms with E-state index in [1.807, 2.05) is 28.8 Å². The Bertz CT molecular complexity index is 849. The molecule has 24 heavy (non-hydrogen) atoms. The van der Waals surface area contributed by atoms with Gasteiger partial charge in [0.05, 0.1) is 0 Å². The second-order valence-corrected chi connectivity index (χ2v) is 5.89. The van der Waals surface area contributed by atoms with E-state index in [0.717, 1.165) is 11.3 Å². The molecule has 0 saturated heterocycles. The molecule has 0 fully saturated rings. The molecule has 2 heterocycles. The Morgan fingerprint density at radius 2 is 1.83 bits per heavy atom. The van der Waals surface area contributed by atoms with Crippen LogP contribution in [0.15, 0.2) is 24.3 Å². The topological polar surface area (TPSA) is 114 Å². The molecule has 8 nitrogen and oxygen atoms in total. The standard InChI is InChI=1S/C15H17N6O2Se/c1-22-6-7-23-14-19-12(17)11-13(20-14)21(15(24)18-11)8-9-2-4-10(16)5-3-9/h2-5H,6-8,16H2,1H3,(H2,17,19,20). The first-order valence-electron chi connectivity index (χ1n) is 7.25. The van der Waals surface area contributed by atoms with Crippen molar-refractivity contribution in [1.29, 1.82) is 0 Å². The molecule has 3 rings (SSSR count). The van der Waals surface area contributed by atoms with Gasteiger partial charge in [-0.25, -0.2) is 0 Å². The van der Waals surface area contributed by atoms with Gasteiger partial charge in [0.2, 0.25) is 0 Å². The summed E-state index contributed by atoms with van der Waals surface area (Å²) in [4.78, 5) is 13.0. The number of hydrogen-bond acceptors (Lipinski definition) is 7. The van der Waals surface area contributed by atoms with Crippen LogP contribution in [0.1, 0.15) is 5.56 Å². The van der Waals surface area contributed by atoms with Crippen molar-refractivity contribution in [1.82, 2.24) is 19.5 Å². The van der Waals surface area contributed by atoms with Crippen molar-refractivity contribution >= 4 is 43.4 Å². The second kappa shape index (κ2) is 7.04. The molecule has 125 valence electrons. The van der Waals surface area contributed by atoms with Gasteiger partial charge >= 0.3 is 147 Å². The monoisotopic (exact) mass is 393 g/mol. The number of ether oxygens (including phenoxy) is 2. The third-order valence-electron chi connectivity index (χ3n) is 3.41. The van der Waals surface area contributed by atoms with Gasteiger partial charge in [-0.1, -0.05) is 0 Å². The number of rotatable bonds is 6. The Kier molecular flexibility index (Phi) is 4.84. The van der Waals surface area contributed by atoms with Gasteiger partial charge in [-0.05, 0) is 0 Å². The molecule has 0 unspecified atom stereocenters. The van der Waals surface area contributed by atoms with Crippen LogP contribution in [0, 0.1) is 0 Å². The van der Waals surface area contributed by atoms with Crippen molar-refractivity contribution in [2.24, 2.45) is 0 Å². The molecule has 9 heteroatoms. The summed E-state index contributed by atoms with van der Waals surface area (Å²) in [6, 6.07) is 7.84. The first-order valence-corrected chi connectivity index (χ1v) is 8.11. The van der Waals surface area contributed by atoms with E-state index in [1.165, 1.54) is 0 Å². The number of benzene rings is 1. The molecule has 3 aromatic rings. The normalized spacial score (nSPS) is 11.0. The van der Waals surface area contributed by atoms with Crippen LogP contribution in [-0.2, 0) is 11.3 Å². The summed E-state index contributed by atoms with van der Waals surface area (Å²) in [7, 11) is 1.60. The van der Waals surface area contributed by atoms with Crippen molar-refractivity contribution in [2.75, 3.05) is 31.8 Å². The Balaban J connectivity index is 1.96. The van der Waals surface area contributed by atoms with Crippen molar-refractivity contribution in [2.45, 2.75) is 6.54 Å². The van der Waals surface area contributed by atoms with Crippen LogP contribution < -0.4 is 20.9 Å². The van der Waals surface area contributed by atoms with Crippen molar-refractivity contribution in [3.8, 4) is 6.01 Å². The molecule has 4 N–H and O–H groups in total. The number of hydrogen-bond donors (Lipinski definition) is 2. The van der Waals surface area contributed by atoms with E-state index in [-0.39, 0.29) is 11.8 Å². The zero-order valence-corrected chi connectivity index (χ0v) is 14.8. The minimum atomic E-state index is 0.204. The molecule has 0 saturated carbocycles. The molecule has 0 aliphatic heterocycles. The third kappa shape index (κ3) is 3.43. The Morgan fingerprint density at radius 1 is 1.08 bits per heavy atom. The number of aromatic nitrogens is 4. The summed E-state index contributed by atoms with van der Waals surface area (Å²) in [6.45, 7) is 1.37.